The molecule has 1 amide bonds. The van der Waals surface area contributed by atoms with Crippen LogP contribution in [0.3, 0.4) is 0 Å². The van der Waals surface area contributed by atoms with E-state index in [-0.39, 0.29) is 5.91 Å². The van der Waals surface area contributed by atoms with Gasteiger partial charge in [0.15, 0.2) is 16.3 Å². The van der Waals surface area contributed by atoms with Crippen LogP contribution in [0, 0.1) is 0 Å². The first-order valence-electron chi connectivity index (χ1n) is 8.40. The molecule has 6 heteroatoms. The number of nitrogens with zero attached hydrogens (tertiary/aromatic N) is 2. The number of amides is 1. The Morgan fingerprint density at radius 1 is 0.963 bits per heavy atom. The van der Waals surface area contributed by atoms with Crippen LogP contribution in [0.4, 0.5) is 0 Å². The smallest absolute Gasteiger partial charge is 0.279 e. The van der Waals surface area contributed by atoms with Crippen molar-refractivity contribution in [3.63, 3.8) is 0 Å². The molecule has 0 saturated heterocycles. The minimum Gasteiger partial charge on any atom is -0.493 e. The lowest BCUT2D eigenvalue weighted by Crippen LogP contribution is -2.13. The normalized spacial score (nSPS) is 11.9. The molecule has 0 spiro atoms. The van der Waals surface area contributed by atoms with Gasteiger partial charge >= 0.3 is 0 Å². The van der Waals surface area contributed by atoms with Gasteiger partial charge in [0.25, 0.3) is 5.91 Å². The number of hydrogen-bond donors (Lipinski definition) is 0. The second-order valence-corrected chi connectivity index (χ2v) is 7.11. The predicted octanol–water partition coefficient (Wildman–Crippen LogP) is 4.15. The van der Waals surface area contributed by atoms with Crippen molar-refractivity contribution >= 4 is 38.2 Å². The van der Waals surface area contributed by atoms with Crippen LogP contribution in [0.15, 0.2) is 59.6 Å². The van der Waals surface area contributed by atoms with Crippen LogP contribution in [-0.2, 0) is 7.05 Å². The lowest BCUT2D eigenvalue weighted by Gasteiger charge is -2.07. The van der Waals surface area contributed by atoms with Crippen molar-refractivity contribution < 1.29 is 14.3 Å². The molecule has 0 atom stereocenters. The number of carbonyl (C=O) groups is 1. The van der Waals surface area contributed by atoms with E-state index < -0.39 is 0 Å². The quantitative estimate of drug-likeness (QED) is 0.538. The molecular weight excluding hydrogens is 360 g/mol. The zero-order valence-electron chi connectivity index (χ0n) is 15.2. The zero-order valence-corrected chi connectivity index (χ0v) is 16.0. The first-order valence-corrected chi connectivity index (χ1v) is 9.22. The van der Waals surface area contributed by atoms with Gasteiger partial charge in [-0.15, -0.1) is 0 Å². The lowest BCUT2D eigenvalue weighted by atomic mass is 10.1. The van der Waals surface area contributed by atoms with E-state index in [1.165, 1.54) is 11.3 Å². The fourth-order valence-electron chi connectivity index (χ4n) is 3.03. The molecule has 1 heterocycles. The second kappa shape index (κ2) is 6.89. The molecule has 136 valence electrons. The zero-order chi connectivity index (χ0) is 19.0. The number of aryl methyl sites for hydroxylation is 1. The van der Waals surface area contributed by atoms with Crippen LogP contribution in [0.1, 0.15) is 10.4 Å². The average molecular weight is 378 g/mol. The molecule has 4 rings (SSSR count). The van der Waals surface area contributed by atoms with E-state index in [0.29, 0.717) is 21.9 Å². The third kappa shape index (κ3) is 3.08. The third-order valence-electron chi connectivity index (χ3n) is 4.51. The van der Waals surface area contributed by atoms with E-state index in [4.69, 9.17) is 9.47 Å². The van der Waals surface area contributed by atoms with Crippen LogP contribution in [-0.4, -0.2) is 24.7 Å². The third-order valence-corrected chi connectivity index (χ3v) is 5.60. The van der Waals surface area contributed by atoms with Gasteiger partial charge in [-0.3, -0.25) is 4.79 Å². The van der Waals surface area contributed by atoms with Gasteiger partial charge in [-0.2, -0.15) is 4.99 Å². The van der Waals surface area contributed by atoms with Crippen LogP contribution < -0.4 is 14.3 Å². The molecule has 0 aliphatic rings. The summed E-state index contributed by atoms with van der Waals surface area (Å²) in [7, 11) is 5.09. The number of rotatable bonds is 3. The SMILES string of the molecule is COc1cc2sc(=NC(=O)c3ccc4ccccc4c3)n(C)c2cc1OC. The fraction of sp³-hybridized carbons (Fsp3) is 0.143. The van der Waals surface area contributed by atoms with Crippen molar-refractivity contribution in [1.29, 1.82) is 0 Å². The topological polar surface area (TPSA) is 52.8 Å². The van der Waals surface area contributed by atoms with E-state index in [1.54, 1.807) is 14.2 Å². The van der Waals surface area contributed by atoms with Gasteiger partial charge in [-0.1, -0.05) is 41.7 Å². The van der Waals surface area contributed by atoms with Crippen LogP contribution in [0.2, 0.25) is 0 Å². The Hall–Kier alpha value is -3.12. The van der Waals surface area contributed by atoms with Gasteiger partial charge in [-0.25, -0.2) is 0 Å². The Bertz CT molecular complexity index is 1240. The molecule has 0 unspecified atom stereocenters. The highest BCUT2D eigenvalue weighted by atomic mass is 32.1. The summed E-state index contributed by atoms with van der Waals surface area (Å²) < 4.78 is 13.6. The van der Waals surface area contributed by atoms with Gasteiger partial charge in [0, 0.05) is 24.7 Å². The first kappa shape index (κ1) is 17.3. The van der Waals surface area contributed by atoms with E-state index in [0.717, 1.165) is 21.0 Å². The van der Waals surface area contributed by atoms with Crippen molar-refractivity contribution in [3.8, 4) is 11.5 Å². The molecule has 0 N–H and O–H groups in total. The van der Waals surface area contributed by atoms with E-state index in [1.807, 2.05) is 66.2 Å². The first-order chi connectivity index (χ1) is 13.1. The number of fused-ring (bicyclic) bond motifs is 2. The van der Waals surface area contributed by atoms with Crippen LogP contribution in [0.25, 0.3) is 21.0 Å². The van der Waals surface area contributed by atoms with Crippen molar-refractivity contribution in [2.45, 2.75) is 0 Å². The maximum atomic E-state index is 12.7. The molecule has 0 bridgehead atoms. The van der Waals surface area contributed by atoms with Crippen molar-refractivity contribution in [3.05, 3.63) is 65.0 Å². The highest BCUT2D eigenvalue weighted by molar-refractivity contribution is 7.16. The monoisotopic (exact) mass is 378 g/mol. The van der Waals surface area contributed by atoms with Gasteiger partial charge in [0.2, 0.25) is 0 Å². The molecule has 3 aromatic carbocycles. The Balaban J connectivity index is 1.81. The molecule has 0 aliphatic heterocycles. The molecule has 4 aromatic rings. The number of carbonyl (C=O) groups excluding carboxylic acids is 1. The van der Waals surface area contributed by atoms with E-state index in [2.05, 4.69) is 4.99 Å². The molecule has 5 nitrogen and oxygen atoms in total. The molecule has 0 fully saturated rings. The summed E-state index contributed by atoms with van der Waals surface area (Å²) in [6.07, 6.45) is 0. The number of hydrogen-bond acceptors (Lipinski definition) is 4. The number of ether oxygens (including phenoxy) is 2. The summed E-state index contributed by atoms with van der Waals surface area (Å²) >= 11 is 1.44. The minimum atomic E-state index is -0.262. The number of methoxy groups -OCH3 is 2. The Labute approximate surface area is 160 Å². The van der Waals surface area contributed by atoms with Crippen molar-refractivity contribution in [2.24, 2.45) is 12.0 Å². The number of thiazole rings is 1. The van der Waals surface area contributed by atoms with Crippen LogP contribution >= 0.6 is 11.3 Å². The average Bonchev–Trinajstić information content (AvgIpc) is 3.01. The summed E-state index contributed by atoms with van der Waals surface area (Å²) in [6.45, 7) is 0. The summed E-state index contributed by atoms with van der Waals surface area (Å²) in [5.74, 6) is 1.03. The fourth-order valence-corrected chi connectivity index (χ4v) is 4.06. The molecule has 0 saturated carbocycles. The molecule has 0 radical (unpaired) electrons. The highest BCUT2D eigenvalue weighted by Gasteiger charge is 2.12. The molecule has 0 aliphatic carbocycles. The maximum absolute atomic E-state index is 12.7. The predicted molar refractivity (Wildman–Crippen MR) is 108 cm³/mol. The number of benzene rings is 3. The largest absolute Gasteiger partial charge is 0.493 e. The van der Waals surface area contributed by atoms with Gasteiger partial charge in [-0.05, 0) is 22.9 Å². The number of aromatic nitrogens is 1. The minimum absolute atomic E-state index is 0.262. The van der Waals surface area contributed by atoms with Crippen molar-refractivity contribution in [2.75, 3.05) is 14.2 Å². The van der Waals surface area contributed by atoms with Crippen LogP contribution in [0.5, 0.6) is 11.5 Å². The summed E-state index contributed by atoms with van der Waals surface area (Å²) in [4.78, 5) is 17.7. The van der Waals surface area contributed by atoms with E-state index in [9.17, 15) is 4.79 Å². The Morgan fingerprint density at radius 2 is 1.67 bits per heavy atom. The standard InChI is InChI=1S/C21H18N2O3S/c1-23-16-11-17(25-2)18(26-3)12-19(16)27-21(23)22-20(24)15-9-8-13-6-4-5-7-14(13)10-15/h4-12H,1-3H3. The highest BCUT2D eigenvalue weighted by Crippen LogP contribution is 2.33. The van der Waals surface area contributed by atoms with Gasteiger partial charge in [0.05, 0.1) is 24.4 Å². The Morgan fingerprint density at radius 3 is 2.41 bits per heavy atom. The summed E-state index contributed by atoms with van der Waals surface area (Å²) in [6, 6.07) is 17.4. The Kier molecular flexibility index (Phi) is 4.41. The second-order valence-electron chi connectivity index (χ2n) is 6.10. The van der Waals surface area contributed by atoms with Gasteiger partial charge < -0.3 is 14.0 Å². The molecule has 1 aromatic heterocycles. The van der Waals surface area contributed by atoms with E-state index >= 15 is 0 Å². The van der Waals surface area contributed by atoms with Gasteiger partial charge in [0.1, 0.15) is 0 Å². The molecular formula is C21H18N2O3S. The summed E-state index contributed by atoms with van der Waals surface area (Å²) in [5.41, 5.74) is 1.50. The molecule has 27 heavy (non-hydrogen) atoms. The van der Waals surface area contributed by atoms with Crippen molar-refractivity contribution in [1.82, 2.24) is 4.57 Å². The lowest BCUT2D eigenvalue weighted by molar-refractivity contribution is 0.0998. The summed E-state index contributed by atoms with van der Waals surface area (Å²) in [5, 5.41) is 2.12. The maximum Gasteiger partial charge on any atom is 0.279 e.